The van der Waals surface area contributed by atoms with Gasteiger partial charge in [-0.1, -0.05) is 6.08 Å². The van der Waals surface area contributed by atoms with E-state index in [1.54, 1.807) is 0 Å². The zero-order valence-corrected chi connectivity index (χ0v) is 8.97. The number of carbonyl (C=O) groups excluding carboxylic acids is 1. The average Bonchev–Trinajstić information content (AvgIpc) is 2.28. The highest BCUT2D eigenvalue weighted by Crippen LogP contribution is 2.04. The maximum Gasteiger partial charge on any atom is 0.323 e. The van der Waals surface area contributed by atoms with Gasteiger partial charge in [-0.3, -0.25) is 9.59 Å². The molecule has 0 bridgehead atoms. The predicted octanol–water partition coefficient (Wildman–Crippen LogP) is 0.933. The Balaban J connectivity index is 2.86. The van der Waals surface area contributed by atoms with Crippen LogP contribution in [0.1, 0.15) is 10.4 Å². The third kappa shape index (κ3) is 3.67. The third-order valence-corrected chi connectivity index (χ3v) is 1.94. The SMILES string of the molecule is C=CCN(CC(=O)O)C(=O)c1ccc(F)nc1. The van der Waals surface area contributed by atoms with Crippen molar-refractivity contribution in [3.05, 3.63) is 42.5 Å². The van der Waals surface area contributed by atoms with E-state index in [1.165, 1.54) is 12.1 Å². The predicted molar refractivity (Wildman–Crippen MR) is 57.9 cm³/mol. The van der Waals surface area contributed by atoms with Crippen LogP contribution in [0.25, 0.3) is 0 Å². The van der Waals surface area contributed by atoms with Crippen LogP contribution < -0.4 is 0 Å². The minimum Gasteiger partial charge on any atom is -0.480 e. The number of carboxylic acid groups (broad SMARTS) is 1. The fourth-order valence-corrected chi connectivity index (χ4v) is 1.22. The second-order valence-electron chi connectivity index (χ2n) is 3.24. The van der Waals surface area contributed by atoms with Crippen LogP contribution in [0.4, 0.5) is 4.39 Å². The molecule has 0 spiro atoms. The first-order valence-corrected chi connectivity index (χ1v) is 4.78. The molecule has 1 aromatic rings. The molecule has 0 aliphatic rings. The molecule has 0 radical (unpaired) electrons. The van der Waals surface area contributed by atoms with Crippen molar-refractivity contribution in [1.82, 2.24) is 9.88 Å². The molecule has 1 heterocycles. The second-order valence-corrected chi connectivity index (χ2v) is 3.24. The molecule has 0 saturated heterocycles. The third-order valence-electron chi connectivity index (χ3n) is 1.94. The molecule has 6 heteroatoms. The number of pyridine rings is 1. The molecule has 90 valence electrons. The highest BCUT2D eigenvalue weighted by Gasteiger charge is 2.17. The van der Waals surface area contributed by atoms with Crippen LogP contribution in [0.3, 0.4) is 0 Å². The molecule has 1 aromatic heterocycles. The normalized spacial score (nSPS) is 9.71. The first-order chi connectivity index (χ1) is 8.04. The second kappa shape index (κ2) is 5.74. The molecule has 1 amide bonds. The topological polar surface area (TPSA) is 70.5 Å². The molecule has 0 saturated carbocycles. The molecule has 0 atom stereocenters. The molecular formula is C11H11FN2O3. The van der Waals surface area contributed by atoms with Crippen molar-refractivity contribution in [2.45, 2.75) is 0 Å². The monoisotopic (exact) mass is 238 g/mol. The van der Waals surface area contributed by atoms with Gasteiger partial charge in [0.1, 0.15) is 6.54 Å². The summed E-state index contributed by atoms with van der Waals surface area (Å²) >= 11 is 0. The van der Waals surface area contributed by atoms with E-state index in [-0.39, 0.29) is 12.1 Å². The van der Waals surface area contributed by atoms with E-state index in [0.29, 0.717) is 0 Å². The molecule has 17 heavy (non-hydrogen) atoms. The van der Waals surface area contributed by atoms with Gasteiger partial charge in [0, 0.05) is 12.7 Å². The lowest BCUT2D eigenvalue weighted by atomic mass is 10.2. The van der Waals surface area contributed by atoms with E-state index in [0.717, 1.165) is 17.2 Å². The Morgan fingerprint density at radius 3 is 2.71 bits per heavy atom. The Bertz CT molecular complexity index is 431. The number of aromatic nitrogens is 1. The van der Waals surface area contributed by atoms with Gasteiger partial charge in [0.25, 0.3) is 5.91 Å². The van der Waals surface area contributed by atoms with Crippen molar-refractivity contribution in [3.8, 4) is 0 Å². The summed E-state index contributed by atoms with van der Waals surface area (Å²) in [6, 6.07) is 2.29. The number of halogens is 1. The lowest BCUT2D eigenvalue weighted by Crippen LogP contribution is -2.35. The van der Waals surface area contributed by atoms with Crippen LogP contribution in [-0.2, 0) is 4.79 Å². The number of carbonyl (C=O) groups is 2. The van der Waals surface area contributed by atoms with Gasteiger partial charge in [-0.05, 0) is 12.1 Å². The van der Waals surface area contributed by atoms with E-state index >= 15 is 0 Å². The number of carboxylic acids is 1. The number of amides is 1. The Morgan fingerprint density at radius 1 is 1.53 bits per heavy atom. The quantitative estimate of drug-likeness (QED) is 0.612. The summed E-state index contributed by atoms with van der Waals surface area (Å²) < 4.78 is 12.6. The van der Waals surface area contributed by atoms with Crippen LogP contribution >= 0.6 is 0 Å². The standard InChI is InChI=1S/C11H11FN2O3/c1-2-5-14(7-10(15)16)11(17)8-3-4-9(12)13-6-8/h2-4,6H,1,5,7H2,(H,15,16). The minimum absolute atomic E-state index is 0.0997. The Hall–Kier alpha value is -2.24. The number of hydrogen-bond acceptors (Lipinski definition) is 3. The molecule has 0 aliphatic carbocycles. The Kier molecular flexibility index (Phi) is 4.33. The Labute approximate surface area is 97.2 Å². The van der Waals surface area contributed by atoms with E-state index in [1.807, 2.05) is 0 Å². The van der Waals surface area contributed by atoms with Crippen molar-refractivity contribution in [2.24, 2.45) is 0 Å². The largest absolute Gasteiger partial charge is 0.480 e. The average molecular weight is 238 g/mol. The molecule has 0 unspecified atom stereocenters. The summed E-state index contributed by atoms with van der Waals surface area (Å²) in [5.74, 6) is -2.36. The number of nitrogens with zero attached hydrogens (tertiary/aromatic N) is 2. The zero-order valence-electron chi connectivity index (χ0n) is 8.97. The lowest BCUT2D eigenvalue weighted by molar-refractivity contribution is -0.137. The number of hydrogen-bond donors (Lipinski definition) is 1. The van der Waals surface area contributed by atoms with Gasteiger partial charge in [0.2, 0.25) is 5.95 Å². The van der Waals surface area contributed by atoms with Gasteiger partial charge in [0.15, 0.2) is 0 Å². The molecule has 5 nitrogen and oxygen atoms in total. The fourth-order valence-electron chi connectivity index (χ4n) is 1.22. The summed E-state index contributed by atoms with van der Waals surface area (Å²) in [4.78, 5) is 26.8. The van der Waals surface area contributed by atoms with Crippen molar-refractivity contribution >= 4 is 11.9 Å². The van der Waals surface area contributed by atoms with Gasteiger partial charge in [-0.2, -0.15) is 4.39 Å². The van der Waals surface area contributed by atoms with Gasteiger partial charge in [0.05, 0.1) is 5.56 Å². The summed E-state index contributed by atoms with van der Waals surface area (Å²) in [7, 11) is 0. The first-order valence-electron chi connectivity index (χ1n) is 4.78. The number of rotatable bonds is 5. The molecule has 1 N–H and O–H groups in total. The summed E-state index contributed by atoms with van der Waals surface area (Å²) in [5, 5.41) is 8.65. The molecular weight excluding hydrogens is 227 g/mol. The Morgan fingerprint density at radius 2 is 2.24 bits per heavy atom. The van der Waals surface area contributed by atoms with Crippen LogP contribution in [0.15, 0.2) is 31.0 Å². The smallest absolute Gasteiger partial charge is 0.323 e. The van der Waals surface area contributed by atoms with E-state index in [2.05, 4.69) is 11.6 Å². The molecule has 0 fully saturated rings. The van der Waals surface area contributed by atoms with Gasteiger partial charge in [-0.25, -0.2) is 4.98 Å². The van der Waals surface area contributed by atoms with Gasteiger partial charge >= 0.3 is 5.97 Å². The zero-order chi connectivity index (χ0) is 12.8. The summed E-state index contributed by atoms with van der Waals surface area (Å²) in [6.07, 6.45) is 2.48. The van der Waals surface area contributed by atoms with Crippen molar-refractivity contribution in [1.29, 1.82) is 0 Å². The van der Waals surface area contributed by atoms with Gasteiger partial charge < -0.3 is 10.0 Å². The van der Waals surface area contributed by atoms with Crippen LogP contribution in [0, 0.1) is 5.95 Å². The molecule has 0 aliphatic heterocycles. The summed E-state index contributed by atoms with van der Waals surface area (Å²) in [5.41, 5.74) is 0.134. The van der Waals surface area contributed by atoms with Gasteiger partial charge in [-0.15, -0.1) is 6.58 Å². The number of aliphatic carboxylic acids is 1. The van der Waals surface area contributed by atoms with Crippen molar-refractivity contribution in [2.75, 3.05) is 13.1 Å². The van der Waals surface area contributed by atoms with E-state index in [9.17, 15) is 14.0 Å². The van der Waals surface area contributed by atoms with Crippen LogP contribution in [0.2, 0.25) is 0 Å². The maximum atomic E-state index is 12.6. The highest BCUT2D eigenvalue weighted by molar-refractivity contribution is 5.95. The first kappa shape index (κ1) is 12.8. The lowest BCUT2D eigenvalue weighted by Gasteiger charge is -2.18. The van der Waals surface area contributed by atoms with Crippen LogP contribution in [-0.4, -0.2) is 40.0 Å². The fraction of sp³-hybridized carbons (Fsp3) is 0.182. The molecule has 0 aromatic carbocycles. The summed E-state index contributed by atoms with van der Waals surface area (Å²) in [6.45, 7) is 3.09. The molecule has 1 rings (SSSR count). The highest BCUT2D eigenvalue weighted by atomic mass is 19.1. The van der Waals surface area contributed by atoms with Crippen molar-refractivity contribution < 1.29 is 19.1 Å². The van der Waals surface area contributed by atoms with Crippen LogP contribution in [0.5, 0.6) is 0 Å². The minimum atomic E-state index is -1.13. The van der Waals surface area contributed by atoms with E-state index in [4.69, 9.17) is 5.11 Å². The van der Waals surface area contributed by atoms with E-state index < -0.39 is 24.4 Å². The maximum absolute atomic E-state index is 12.6. The van der Waals surface area contributed by atoms with Crippen molar-refractivity contribution in [3.63, 3.8) is 0 Å².